The summed E-state index contributed by atoms with van der Waals surface area (Å²) < 4.78 is 5.11. The summed E-state index contributed by atoms with van der Waals surface area (Å²) in [5.41, 5.74) is 0.612. The first kappa shape index (κ1) is 15.7. The molecule has 0 radical (unpaired) electrons. The maximum absolute atomic E-state index is 12.0. The summed E-state index contributed by atoms with van der Waals surface area (Å²) in [6.07, 6.45) is -0.904. The molecule has 5 nitrogen and oxygen atoms in total. The summed E-state index contributed by atoms with van der Waals surface area (Å²) >= 11 is 1.54. The predicted octanol–water partition coefficient (Wildman–Crippen LogP) is 2.48. The van der Waals surface area contributed by atoms with Crippen molar-refractivity contribution in [2.45, 2.75) is 19.6 Å². The van der Waals surface area contributed by atoms with Gasteiger partial charge in [-0.15, -0.1) is 11.3 Å². The number of nitrogens with zero attached hydrogens (tertiary/aromatic N) is 1. The van der Waals surface area contributed by atoms with Crippen LogP contribution in [0.2, 0.25) is 0 Å². The minimum atomic E-state index is -0.904. The van der Waals surface area contributed by atoms with Gasteiger partial charge in [-0.05, 0) is 36.6 Å². The minimum absolute atomic E-state index is 0.247. The second kappa shape index (κ2) is 7.38. The molecule has 1 amide bonds. The Morgan fingerprint density at radius 1 is 1.36 bits per heavy atom. The minimum Gasteiger partial charge on any atom is -0.449 e. The Morgan fingerprint density at radius 2 is 2.18 bits per heavy atom. The number of nitrogens with one attached hydrogen (secondary N) is 1. The predicted molar refractivity (Wildman–Crippen MR) is 82.2 cm³/mol. The SMILES string of the molecule is C[C@@H](OC(=O)c1cccc(C#N)c1)C(=O)NCc1cccs1. The van der Waals surface area contributed by atoms with Gasteiger partial charge in [-0.3, -0.25) is 4.79 Å². The van der Waals surface area contributed by atoms with E-state index in [1.54, 1.807) is 18.2 Å². The molecule has 0 aliphatic rings. The maximum Gasteiger partial charge on any atom is 0.338 e. The topological polar surface area (TPSA) is 79.2 Å². The molecule has 2 rings (SSSR count). The lowest BCUT2D eigenvalue weighted by Gasteiger charge is -2.13. The van der Waals surface area contributed by atoms with Crippen LogP contribution < -0.4 is 5.32 Å². The van der Waals surface area contributed by atoms with Crippen LogP contribution >= 0.6 is 11.3 Å². The fourth-order valence-electron chi connectivity index (χ4n) is 1.73. The number of carbonyl (C=O) groups excluding carboxylic acids is 2. The van der Waals surface area contributed by atoms with E-state index >= 15 is 0 Å². The number of thiophene rings is 1. The maximum atomic E-state index is 12.0. The zero-order valence-electron chi connectivity index (χ0n) is 11.9. The van der Waals surface area contributed by atoms with E-state index in [9.17, 15) is 9.59 Å². The third kappa shape index (κ3) is 4.17. The Kier molecular flexibility index (Phi) is 5.28. The number of hydrogen-bond acceptors (Lipinski definition) is 5. The highest BCUT2D eigenvalue weighted by Gasteiger charge is 2.18. The van der Waals surface area contributed by atoms with Crippen molar-refractivity contribution >= 4 is 23.2 Å². The van der Waals surface area contributed by atoms with Crippen molar-refractivity contribution in [3.8, 4) is 6.07 Å². The van der Waals surface area contributed by atoms with E-state index in [1.807, 2.05) is 23.6 Å². The lowest BCUT2D eigenvalue weighted by atomic mass is 10.1. The Bertz CT molecular complexity index is 704. The van der Waals surface area contributed by atoms with E-state index < -0.39 is 12.1 Å². The molecule has 0 saturated heterocycles. The highest BCUT2D eigenvalue weighted by atomic mass is 32.1. The summed E-state index contributed by atoms with van der Waals surface area (Å²) in [6.45, 7) is 1.91. The van der Waals surface area contributed by atoms with Crippen LogP contribution in [0.25, 0.3) is 0 Å². The highest BCUT2D eigenvalue weighted by molar-refractivity contribution is 7.09. The third-order valence-corrected chi connectivity index (χ3v) is 3.77. The molecule has 0 bridgehead atoms. The molecule has 1 atom stereocenters. The number of amides is 1. The van der Waals surface area contributed by atoms with Gasteiger partial charge in [0.2, 0.25) is 0 Å². The number of esters is 1. The number of benzene rings is 1. The molecule has 1 aromatic heterocycles. The zero-order valence-corrected chi connectivity index (χ0v) is 12.7. The summed E-state index contributed by atoms with van der Waals surface area (Å²) in [5.74, 6) is -0.992. The van der Waals surface area contributed by atoms with Crippen molar-refractivity contribution in [1.82, 2.24) is 5.32 Å². The summed E-state index contributed by atoms with van der Waals surface area (Å²) in [6, 6.07) is 11.9. The quantitative estimate of drug-likeness (QED) is 0.860. The normalized spacial score (nSPS) is 11.3. The van der Waals surface area contributed by atoms with Gasteiger partial charge in [0.05, 0.1) is 23.7 Å². The number of nitriles is 1. The molecular formula is C16H14N2O3S. The van der Waals surface area contributed by atoms with Crippen LogP contribution in [0, 0.1) is 11.3 Å². The van der Waals surface area contributed by atoms with Crippen LogP contribution in [0.4, 0.5) is 0 Å². The van der Waals surface area contributed by atoms with Crippen molar-refractivity contribution in [3.05, 3.63) is 57.8 Å². The number of ether oxygens (including phenoxy) is 1. The van der Waals surface area contributed by atoms with Gasteiger partial charge >= 0.3 is 5.97 Å². The Morgan fingerprint density at radius 3 is 2.86 bits per heavy atom. The average Bonchev–Trinajstić information content (AvgIpc) is 3.05. The summed E-state index contributed by atoms with van der Waals surface area (Å²) in [5, 5.41) is 13.4. The second-order valence-corrected chi connectivity index (χ2v) is 5.57. The van der Waals surface area contributed by atoms with Crippen molar-refractivity contribution < 1.29 is 14.3 Å². The summed E-state index contributed by atoms with van der Waals surface area (Å²) in [4.78, 5) is 24.9. The monoisotopic (exact) mass is 314 g/mol. The third-order valence-electron chi connectivity index (χ3n) is 2.90. The molecule has 0 fully saturated rings. The molecule has 0 aliphatic heterocycles. The van der Waals surface area contributed by atoms with Gasteiger partial charge in [0, 0.05) is 4.88 Å². The van der Waals surface area contributed by atoms with E-state index in [1.165, 1.54) is 24.3 Å². The molecule has 0 spiro atoms. The van der Waals surface area contributed by atoms with E-state index in [4.69, 9.17) is 10.00 Å². The molecule has 1 N–H and O–H groups in total. The van der Waals surface area contributed by atoms with Crippen LogP contribution in [-0.4, -0.2) is 18.0 Å². The van der Waals surface area contributed by atoms with Gasteiger partial charge in [-0.1, -0.05) is 12.1 Å². The van der Waals surface area contributed by atoms with Crippen molar-refractivity contribution in [2.24, 2.45) is 0 Å². The smallest absolute Gasteiger partial charge is 0.338 e. The second-order valence-electron chi connectivity index (χ2n) is 4.54. The molecular weight excluding hydrogens is 300 g/mol. The van der Waals surface area contributed by atoms with Crippen LogP contribution in [0.5, 0.6) is 0 Å². The number of carbonyl (C=O) groups is 2. The molecule has 6 heteroatoms. The van der Waals surface area contributed by atoms with Crippen LogP contribution in [0.3, 0.4) is 0 Å². The first-order valence-corrected chi connectivity index (χ1v) is 7.49. The van der Waals surface area contributed by atoms with E-state index in [-0.39, 0.29) is 11.5 Å². The first-order chi connectivity index (χ1) is 10.6. The van der Waals surface area contributed by atoms with Crippen molar-refractivity contribution in [3.63, 3.8) is 0 Å². The Labute approximate surface area is 132 Å². The summed E-state index contributed by atoms with van der Waals surface area (Å²) in [7, 11) is 0. The molecule has 0 unspecified atom stereocenters. The van der Waals surface area contributed by atoms with Gasteiger partial charge in [0.1, 0.15) is 0 Å². The Hall–Kier alpha value is -2.65. The molecule has 0 aliphatic carbocycles. The number of hydrogen-bond donors (Lipinski definition) is 1. The fraction of sp³-hybridized carbons (Fsp3) is 0.188. The van der Waals surface area contributed by atoms with Crippen molar-refractivity contribution in [1.29, 1.82) is 5.26 Å². The molecule has 0 saturated carbocycles. The van der Waals surface area contributed by atoms with Crippen LogP contribution in [0.15, 0.2) is 41.8 Å². The standard InChI is InChI=1S/C16H14N2O3S/c1-11(15(19)18-10-14-6-3-7-22-14)21-16(20)13-5-2-4-12(8-13)9-17/h2-8,11H,10H2,1H3,(H,18,19)/t11-/m1/s1. The Balaban J connectivity index is 1.90. The molecule has 2 aromatic rings. The fourth-order valence-corrected chi connectivity index (χ4v) is 2.37. The van der Waals surface area contributed by atoms with Crippen LogP contribution in [-0.2, 0) is 16.1 Å². The molecule has 112 valence electrons. The van der Waals surface area contributed by atoms with Gasteiger partial charge in [-0.2, -0.15) is 5.26 Å². The van der Waals surface area contributed by atoms with Gasteiger partial charge in [0.15, 0.2) is 6.10 Å². The lowest BCUT2D eigenvalue weighted by molar-refractivity contribution is -0.129. The van der Waals surface area contributed by atoms with Crippen molar-refractivity contribution in [2.75, 3.05) is 0 Å². The lowest BCUT2D eigenvalue weighted by Crippen LogP contribution is -2.35. The largest absolute Gasteiger partial charge is 0.449 e. The highest BCUT2D eigenvalue weighted by Crippen LogP contribution is 2.09. The first-order valence-electron chi connectivity index (χ1n) is 6.61. The van der Waals surface area contributed by atoms with E-state index in [0.29, 0.717) is 12.1 Å². The zero-order chi connectivity index (χ0) is 15.9. The van der Waals surface area contributed by atoms with Gasteiger partial charge in [0.25, 0.3) is 5.91 Å². The van der Waals surface area contributed by atoms with Crippen LogP contribution in [0.1, 0.15) is 27.7 Å². The van der Waals surface area contributed by atoms with Gasteiger partial charge in [-0.25, -0.2) is 4.79 Å². The number of rotatable bonds is 5. The molecule has 1 aromatic carbocycles. The average molecular weight is 314 g/mol. The molecule has 22 heavy (non-hydrogen) atoms. The molecule has 1 heterocycles. The van der Waals surface area contributed by atoms with E-state index in [0.717, 1.165) is 4.88 Å². The van der Waals surface area contributed by atoms with Gasteiger partial charge < -0.3 is 10.1 Å². The van der Waals surface area contributed by atoms with E-state index in [2.05, 4.69) is 5.32 Å².